The molecule has 1 N–H and O–H groups in total. The molecule has 0 unspecified atom stereocenters. The largest absolute Gasteiger partial charge is 0.411 e. The van der Waals surface area contributed by atoms with Gasteiger partial charge in [-0.3, -0.25) is 0 Å². The standard InChI is InChI=1S/C12H17NO/c1-2-3-4-5-11-6-8-12(9-7-11)10-13-14/h6-10,14H,2-5H2,1H3/b13-10-. The Morgan fingerprint density at radius 1 is 1.21 bits per heavy atom. The lowest BCUT2D eigenvalue weighted by atomic mass is 10.1. The van der Waals surface area contributed by atoms with Gasteiger partial charge in [0.05, 0.1) is 6.21 Å². The molecule has 1 aromatic carbocycles. The van der Waals surface area contributed by atoms with Gasteiger partial charge >= 0.3 is 0 Å². The fourth-order valence-electron chi connectivity index (χ4n) is 1.42. The number of aryl methyl sites for hydroxylation is 1. The first-order valence-corrected chi connectivity index (χ1v) is 5.13. The van der Waals surface area contributed by atoms with Crippen LogP contribution in [0, 0.1) is 0 Å². The monoisotopic (exact) mass is 191 g/mol. The van der Waals surface area contributed by atoms with Gasteiger partial charge in [-0.05, 0) is 24.0 Å². The van der Waals surface area contributed by atoms with Crippen LogP contribution in [0.5, 0.6) is 0 Å². The number of nitrogens with zero attached hydrogens (tertiary/aromatic N) is 1. The number of benzene rings is 1. The average Bonchev–Trinajstić information content (AvgIpc) is 2.21. The highest BCUT2D eigenvalue weighted by Crippen LogP contribution is 2.07. The van der Waals surface area contributed by atoms with Crippen LogP contribution in [0.15, 0.2) is 29.4 Å². The topological polar surface area (TPSA) is 32.6 Å². The van der Waals surface area contributed by atoms with E-state index in [1.165, 1.54) is 31.0 Å². The predicted octanol–water partition coefficient (Wildman–Crippen LogP) is 3.23. The summed E-state index contributed by atoms with van der Waals surface area (Å²) >= 11 is 0. The van der Waals surface area contributed by atoms with Crippen molar-refractivity contribution >= 4 is 6.21 Å². The van der Waals surface area contributed by atoms with Gasteiger partial charge in [0, 0.05) is 0 Å². The highest BCUT2D eigenvalue weighted by molar-refractivity contribution is 5.78. The van der Waals surface area contributed by atoms with Gasteiger partial charge in [-0.2, -0.15) is 0 Å². The highest BCUT2D eigenvalue weighted by atomic mass is 16.4. The lowest BCUT2D eigenvalue weighted by Gasteiger charge is -2.00. The van der Waals surface area contributed by atoms with Crippen LogP contribution in [0.2, 0.25) is 0 Å². The Hall–Kier alpha value is -1.31. The number of oxime groups is 1. The predicted molar refractivity (Wildman–Crippen MR) is 59.1 cm³/mol. The molecule has 0 atom stereocenters. The zero-order valence-electron chi connectivity index (χ0n) is 8.61. The molecule has 0 bridgehead atoms. The third-order valence-corrected chi connectivity index (χ3v) is 2.26. The van der Waals surface area contributed by atoms with Crippen molar-refractivity contribution in [1.82, 2.24) is 0 Å². The highest BCUT2D eigenvalue weighted by Gasteiger charge is 1.93. The van der Waals surface area contributed by atoms with Gasteiger partial charge in [-0.1, -0.05) is 49.2 Å². The second kappa shape index (κ2) is 6.19. The minimum absolute atomic E-state index is 0.937. The minimum atomic E-state index is 0.937. The second-order valence-corrected chi connectivity index (χ2v) is 3.44. The van der Waals surface area contributed by atoms with Crippen LogP contribution in [0.1, 0.15) is 37.3 Å². The molecule has 1 aromatic rings. The Bertz CT molecular complexity index is 277. The maximum Gasteiger partial charge on any atom is 0.0733 e. The molecule has 2 heteroatoms. The van der Waals surface area contributed by atoms with Crippen LogP contribution in [0.4, 0.5) is 0 Å². The summed E-state index contributed by atoms with van der Waals surface area (Å²) in [5.41, 5.74) is 2.29. The summed E-state index contributed by atoms with van der Waals surface area (Å²) in [7, 11) is 0. The first kappa shape index (κ1) is 10.8. The van der Waals surface area contributed by atoms with Crippen molar-refractivity contribution in [1.29, 1.82) is 0 Å². The summed E-state index contributed by atoms with van der Waals surface area (Å²) in [4.78, 5) is 0. The van der Waals surface area contributed by atoms with Gasteiger partial charge < -0.3 is 5.21 Å². The van der Waals surface area contributed by atoms with Crippen molar-refractivity contribution in [2.24, 2.45) is 5.16 Å². The molecule has 0 aliphatic carbocycles. The van der Waals surface area contributed by atoms with Crippen molar-refractivity contribution in [2.45, 2.75) is 32.6 Å². The molecule has 0 saturated heterocycles. The SMILES string of the molecule is CCCCCc1ccc(/C=N\O)cc1. The Balaban J connectivity index is 2.46. The van der Waals surface area contributed by atoms with Gasteiger partial charge in [0.25, 0.3) is 0 Å². The number of rotatable bonds is 5. The molecule has 0 radical (unpaired) electrons. The average molecular weight is 191 g/mol. The lowest BCUT2D eigenvalue weighted by Crippen LogP contribution is -1.87. The van der Waals surface area contributed by atoms with Gasteiger partial charge in [0.15, 0.2) is 0 Å². The fraction of sp³-hybridized carbons (Fsp3) is 0.417. The maximum atomic E-state index is 8.33. The van der Waals surface area contributed by atoms with Crippen molar-refractivity contribution in [3.8, 4) is 0 Å². The van der Waals surface area contributed by atoms with E-state index < -0.39 is 0 Å². The number of hydrogen-bond donors (Lipinski definition) is 1. The van der Waals surface area contributed by atoms with E-state index in [0.717, 1.165) is 12.0 Å². The molecule has 0 spiro atoms. The molecule has 76 valence electrons. The van der Waals surface area contributed by atoms with E-state index >= 15 is 0 Å². The Kier molecular flexibility index (Phi) is 4.76. The second-order valence-electron chi connectivity index (χ2n) is 3.44. The molecule has 0 fully saturated rings. The summed E-state index contributed by atoms with van der Waals surface area (Å²) in [6.45, 7) is 2.21. The molecule has 0 aromatic heterocycles. The Morgan fingerprint density at radius 3 is 2.50 bits per heavy atom. The first-order valence-electron chi connectivity index (χ1n) is 5.13. The van der Waals surface area contributed by atoms with E-state index in [9.17, 15) is 0 Å². The summed E-state index contributed by atoms with van der Waals surface area (Å²) < 4.78 is 0. The van der Waals surface area contributed by atoms with E-state index in [0.29, 0.717) is 0 Å². The quantitative estimate of drug-likeness (QED) is 0.329. The fourth-order valence-corrected chi connectivity index (χ4v) is 1.42. The molecule has 0 heterocycles. The summed E-state index contributed by atoms with van der Waals surface area (Å²) in [6, 6.07) is 8.13. The van der Waals surface area contributed by atoms with Crippen molar-refractivity contribution in [2.75, 3.05) is 0 Å². The molecule has 0 amide bonds. The van der Waals surface area contributed by atoms with Gasteiger partial charge in [-0.25, -0.2) is 0 Å². The van der Waals surface area contributed by atoms with E-state index in [2.05, 4.69) is 24.2 Å². The van der Waals surface area contributed by atoms with E-state index in [1.54, 1.807) is 0 Å². The van der Waals surface area contributed by atoms with E-state index in [-0.39, 0.29) is 0 Å². The molecule has 0 aliphatic rings. The Labute approximate surface area is 85.3 Å². The molecule has 14 heavy (non-hydrogen) atoms. The van der Waals surface area contributed by atoms with Gasteiger partial charge in [0.1, 0.15) is 0 Å². The zero-order chi connectivity index (χ0) is 10.2. The summed E-state index contributed by atoms with van der Waals surface area (Å²) in [5, 5.41) is 11.3. The molecular formula is C12H17NO. The van der Waals surface area contributed by atoms with Crippen molar-refractivity contribution in [3.63, 3.8) is 0 Å². The number of hydrogen-bond acceptors (Lipinski definition) is 2. The molecule has 0 aliphatic heterocycles. The van der Waals surface area contributed by atoms with Crippen LogP contribution in [-0.2, 0) is 6.42 Å². The summed E-state index contributed by atoms with van der Waals surface area (Å²) in [5.74, 6) is 0. The van der Waals surface area contributed by atoms with Gasteiger partial charge in [-0.15, -0.1) is 0 Å². The van der Waals surface area contributed by atoms with E-state index in [1.807, 2.05) is 12.1 Å². The van der Waals surface area contributed by atoms with Crippen molar-refractivity contribution < 1.29 is 5.21 Å². The Morgan fingerprint density at radius 2 is 1.93 bits per heavy atom. The van der Waals surface area contributed by atoms with Crippen LogP contribution < -0.4 is 0 Å². The summed E-state index contributed by atoms with van der Waals surface area (Å²) in [6.07, 6.45) is 6.39. The van der Waals surface area contributed by atoms with Crippen LogP contribution in [0.3, 0.4) is 0 Å². The van der Waals surface area contributed by atoms with Crippen LogP contribution in [0.25, 0.3) is 0 Å². The minimum Gasteiger partial charge on any atom is -0.411 e. The molecule has 1 rings (SSSR count). The normalized spacial score (nSPS) is 10.9. The third-order valence-electron chi connectivity index (χ3n) is 2.26. The van der Waals surface area contributed by atoms with E-state index in [4.69, 9.17) is 5.21 Å². The molecule has 2 nitrogen and oxygen atoms in total. The van der Waals surface area contributed by atoms with Gasteiger partial charge in [0.2, 0.25) is 0 Å². The third kappa shape index (κ3) is 3.60. The smallest absolute Gasteiger partial charge is 0.0733 e. The zero-order valence-corrected chi connectivity index (χ0v) is 8.61. The van der Waals surface area contributed by atoms with Crippen molar-refractivity contribution in [3.05, 3.63) is 35.4 Å². The van der Waals surface area contributed by atoms with Crippen LogP contribution >= 0.6 is 0 Å². The maximum absolute atomic E-state index is 8.33. The number of unbranched alkanes of at least 4 members (excludes halogenated alkanes) is 2. The first-order chi connectivity index (χ1) is 6.86. The molecule has 0 saturated carbocycles. The molecular weight excluding hydrogens is 174 g/mol. The van der Waals surface area contributed by atoms with Crippen LogP contribution in [-0.4, -0.2) is 11.4 Å². The lowest BCUT2D eigenvalue weighted by molar-refractivity contribution is 0.322.